The van der Waals surface area contributed by atoms with E-state index in [9.17, 15) is 14.7 Å². The van der Waals surface area contributed by atoms with Gasteiger partial charge in [-0.3, -0.25) is 4.79 Å². The number of fused-ring (bicyclic) bond motifs is 1. The molecule has 0 fully saturated rings. The molecule has 0 aliphatic heterocycles. The van der Waals surface area contributed by atoms with E-state index < -0.39 is 17.3 Å². The summed E-state index contributed by atoms with van der Waals surface area (Å²) < 4.78 is 6.39. The maximum absolute atomic E-state index is 12.4. The summed E-state index contributed by atoms with van der Waals surface area (Å²) in [5, 5.41) is 12.7. The van der Waals surface area contributed by atoms with Crippen LogP contribution in [-0.4, -0.2) is 5.91 Å². The SMILES string of the molecule is NC(=O)c1ccc[n+](-c2c([O-])c3ccccc3oc2=O)c1. The second-order valence-electron chi connectivity index (χ2n) is 4.43. The van der Waals surface area contributed by atoms with Crippen LogP contribution in [0.25, 0.3) is 16.7 Å². The standard InChI is InChI=1S/C15H10N2O4/c16-14(19)9-4-3-7-17(8-9)12-13(18)10-5-1-2-6-11(10)21-15(12)20/h1-8H,(H2-,16,18,19,20). The molecule has 0 spiro atoms. The van der Waals surface area contributed by atoms with Crippen molar-refractivity contribution in [1.29, 1.82) is 0 Å². The van der Waals surface area contributed by atoms with Gasteiger partial charge in [0.25, 0.3) is 11.6 Å². The van der Waals surface area contributed by atoms with Crippen molar-refractivity contribution < 1.29 is 18.9 Å². The minimum atomic E-state index is -0.773. The molecule has 21 heavy (non-hydrogen) atoms. The van der Waals surface area contributed by atoms with Crippen LogP contribution in [0.4, 0.5) is 0 Å². The maximum Gasteiger partial charge on any atom is 0.408 e. The fraction of sp³-hybridized carbons (Fsp3) is 0. The lowest BCUT2D eigenvalue weighted by Gasteiger charge is -2.10. The van der Waals surface area contributed by atoms with Crippen LogP contribution in [0.15, 0.2) is 58.0 Å². The highest BCUT2D eigenvalue weighted by atomic mass is 16.4. The molecule has 0 saturated heterocycles. The number of hydrogen-bond donors (Lipinski definition) is 1. The van der Waals surface area contributed by atoms with Gasteiger partial charge in [-0.2, -0.15) is 4.57 Å². The van der Waals surface area contributed by atoms with Gasteiger partial charge in [0.1, 0.15) is 11.1 Å². The zero-order valence-corrected chi connectivity index (χ0v) is 10.8. The number of benzene rings is 1. The number of carbonyl (C=O) groups is 1. The Morgan fingerprint density at radius 3 is 2.71 bits per heavy atom. The normalized spacial score (nSPS) is 10.7. The first-order valence-corrected chi connectivity index (χ1v) is 6.12. The van der Waals surface area contributed by atoms with Gasteiger partial charge in [0.2, 0.25) is 0 Å². The molecule has 0 aliphatic carbocycles. The summed E-state index contributed by atoms with van der Waals surface area (Å²) in [6.07, 6.45) is 2.81. The monoisotopic (exact) mass is 282 g/mol. The lowest BCUT2D eigenvalue weighted by atomic mass is 10.2. The van der Waals surface area contributed by atoms with Gasteiger partial charge >= 0.3 is 5.63 Å². The van der Waals surface area contributed by atoms with Crippen LogP contribution < -0.4 is 21.0 Å². The first-order chi connectivity index (χ1) is 10.1. The molecule has 0 bridgehead atoms. The minimum absolute atomic E-state index is 0.184. The summed E-state index contributed by atoms with van der Waals surface area (Å²) in [6, 6.07) is 9.48. The van der Waals surface area contributed by atoms with Crippen LogP contribution in [0.1, 0.15) is 10.4 Å². The second kappa shape index (κ2) is 4.75. The molecule has 0 radical (unpaired) electrons. The van der Waals surface area contributed by atoms with E-state index in [-0.39, 0.29) is 16.8 Å². The van der Waals surface area contributed by atoms with Crippen LogP contribution in [0.5, 0.6) is 5.75 Å². The van der Waals surface area contributed by atoms with E-state index in [1.165, 1.54) is 29.1 Å². The number of rotatable bonds is 2. The Morgan fingerprint density at radius 1 is 1.19 bits per heavy atom. The lowest BCUT2D eigenvalue weighted by Crippen LogP contribution is -2.38. The first-order valence-electron chi connectivity index (χ1n) is 6.12. The maximum atomic E-state index is 12.4. The summed E-state index contributed by atoms with van der Waals surface area (Å²) >= 11 is 0. The van der Waals surface area contributed by atoms with E-state index in [1.54, 1.807) is 24.3 Å². The fourth-order valence-electron chi connectivity index (χ4n) is 2.09. The largest absolute Gasteiger partial charge is 0.867 e. The molecule has 3 aromatic rings. The van der Waals surface area contributed by atoms with Gasteiger partial charge in [0.05, 0.1) is 0 Å². The molecule has 2 aromatic heterocycles. The average molecular weight is 282 g/mol. The van der Waals surface area contributed by atoms with Gasteiger partial charge in [0, 0.05) is 11.5 Å². The highest BCUT2D eigenvalue weighted by Gasteiger charge is 2.18. The number of carbonyl (C=O) groups excluding carboxylic acids is 1. The molecule has 0 aliphatic rings. The highest BCUT2D eigenvalue weighted by molar-refractivity contribution is 5.92. The van der Waals surface area contributed by atoms with Gasteiger partial charge < -0.3 is 15.3 Å². The Kier molecular flexibility index (Phi) is 2.91. The number of para-hydroxylation sites is 1. The molecule has 1 aromatic carbocycles. The molecule has 0 saturated carbocycles. The van der Waals surface area contributed by atoms with Crippen LogP contribution in [0, 0.1) is 0 Å². The lowest BCUT2D eigenvalue weighted by molar-refractivity contribution is -0.601. The van der Waals surface area contributed by atoms with E-state index in [0.29, 0.717) is 5.39 Å². The van der Waals surface area contributed by atoms with Crippen molar-refractivity contribution in [3.8, 4) is 11.4 Å². The quantitative estimate of drug-likeness (QED) is 0.537. The Hall–Kier alpha value is -3.15. The molecule has 6 nitrogen and oxygen atoms in total. The van der Waals surface area contributed by atoms with Crippen LogP contribution >= 0.6 is 0 Å². The number of aromatic nitrogens is 1. The smallest absolute Gasteiger partial charge is 0.408 e. The van der Waals surface area contributed by atoms with E-state index in [1.807, 2.05) is 0 Å². The Balaban J connectivity index is 2.32. The van der Waals surface area contributed by atoms with Gasteiger partial charge in [-0.1, -0.05) is 18.2 Å². The Morgan fingerprint density at radius 2 is 1.95 bits per heavy atom. The molecule has 1 amide bonds. The Bertz CT molecular complexity index is 915. The number of nitrogens with two attached hydrogens (primary N) is 1. The number of amides is 1. The molecule has 0 atom stereocenters. The summed E-state index contributed by atoms with van der Waals surface area (Å²) in [5.74, 6) is -1.12. The predicted octanol–water partition coefficient (Wildman–Crippen LogP) is 0.242. The molecule has 2 heterocycles. The van der Waals surface area contributed by atoms with Gasteiger partial charge in [-0.05, 0) is 17.9 Å². The molecule has 104 valence electrons. The van der Waals surface area contributed by atoms with Gasteiger partial charge in [-0.15, -0.1) is 0 Å². The van der Waals surface area contributed by atoms with Crippen molar-refractivity contribution in [2.45, 2.75) is 0 Å². The zero-order valence-electron chi connectivity index (χ0n) is 10.8. The third-order valence-electron chi connectivity index (χ3n) is 3.09. The molecule has 6 heteroatoms. The van der Waals surface area contributed by atoms with Crippen molar-refractivity contribution >= 4 is 16.9 Å². The average Bonchev–Trinajstić information content (AvgIpc) is 2.47. The van der Waals surface area contributed by atoms with Crippen molar-refractivity contribution in [3.63, 3.8) is 0 Å². The van der Waals surface area contributed by atoms with E-state index in [0.717, 1.165) is 0 Å². The summed E-state index contributed by atoms with van der Waals surface area (Å²) in [7, 11) is 0. The third kappa shape index (κ3) is 2.12. The predicted molar refractivity (Wildman–Crippen MR) is 72.0 cm³/mol. The van der Waals surface area contributed by atoms with Gasteiger partial charge in [-0.25, -0.2) is 4.79 Å². The molecular formula is C15H10N2O4. The number of pyridine rings is 1. The third-order valence-corrected chi connectivity index (χ3v) is 3.09. The zero-order chi connectivity index (χ0) is 15.0. The summed E-state index contributed by atoms with van der Waals surface area (Å²) in [5.41, 5.74) is 4.65. The van der Waals surface area contributed by atoms with Crippen molar-refractivity contribution in [2.75, 3.05) is 0 Å². The number of hydrogen-bond acceptors (Lipinski definition) is 4. The van der Waals surface area contributed by atoms with E-state index >= 15 is 0 Å². The fourth-order valence-corrected chi connectivity index (χ4v) is 2.09. The van der Waals surface area contributed by atoms with Crippen LogP contribution in [0.3, 0.4) is 0 Å². The minimum Gasteiger partial charge on any atom is -0.867 e. The topological polar surface area (TPSA) is 100 Å². The molecule has 2 N–H and O–H groups in total. The second-order valence-corrected chi connectivity index (χ2v) is 4.43. The van der Waals surface area contributed by atoms with Crippen LogP contribution in [-0.2, 0) is 0 Å². The van der Waals surface area contributed by atoms with E-state index in [2.05, 4.69) is 0 Å². The van der Waals surface area contributed by atoms with Crippen molar-refractivity contribution in [3.05, 3.63) is 64.8 Å². The first kappa shape index (κ1) is 12.9. The number of primary amides is 1. The summed E-state index contributed by atoms with van der Waals surface area (Å²) in [4.78, 5) is 23.2. The van der Waals surface area contributed by atoms with Crippen molar-refractivity contribution in [1.82, 2.24) is 0 Å². The summed E-state index contributed by atoms with van der Waals surface area (Å²) in [6.45, 7) is 0. The highest BCUT2D eigenvalue weighted by Crippen LogP contribution is 2.23. The van der Waals surface area contributed by atoms with Gasteiger partial charge in [0.15, 0.2) is 12.4 Å². The number of nitrogens with zero attached hydrogens (tertiary/aromatic N) is 1. The molecular weight excluding hydrogens is 272 g/mol. The van der Waals surface area contributed by atoms with Crippen molar-refractivity contribution in [2.24, 2.45) is 5.73 Å². The molecule has 3 rings (SSSR count). The molecule has 0 unspecified atom stereocenters. The van der Waals surface area contributed by atoms with Crippen LogP contribution in [0.2, 0.25) is 0 Å². The van der Waals surface area contributed by atoms with E-state index in [4.69, 9.17) is 10.2 Å². The Labute approximate surface area is 118 Å².